The van der Waals surface area contributed by atoms with Gasteiger partial charge in [-0.05, 0) is 57.5 Å². The first-order valence-electron chi connectivity index (χ1n) is 11.3. The molecule has 1 saturated heterocycles. The van der Waals surface area contributed by atoms with E-state index in [4.69, 9.17) is 14.9 Å². The molecule has 2 aromatic heterocycles. The van der Waals surface area contributed by atoms with Crippen molar-refractivity contribution in [3.05, 3.63) is 41.4 Å². The van der Waals surface area contributed by atoms with E-state index in [2.05, 4.69) is 20.2 Å². The van der Waals surface area contributed by atoms with E-state index in [-0.39, 0.29) is 34.2 Å². The van der Waals surface area contributed by atoms with Gasteiger partial charge in [-0.1, -0.05) is 0 Å². The number of aromatic nitrogens is 2. The molecule has 4 rings (SSSR count). The molecule has 1 aliphatic rings. The third-order valence-corrected chi connectivity index (χ3v) is 7.69. The quantitative estimate of drug-likeness (QED) is 0.477. The van der Waals surface area contributed by atoms with Crippen LogP contribution in [0.5, 0.6) is 5.75 Å². The molecule has 0 saturated carbocycles. The maximum atomic E-state index is 13.3. The Morgan fingerprint density at radius 3 is 2.64 bits per heavy atom. The highest BCUT2D eigenvalue weighted by molar-refractivity contribution is 7.99. The molecule has 194 valence electrons. The highest BCUT2D eigenvalue weighted by atomic mass is 32.2. The normalized spacial score (nSPS) is 19.1. The number of carbonyl (C=O) groups excluding carboxylic acids is 1. The number of nitrogens with two attached hydrogens (primary N) is 1. The van der Waals surface area contributed by atoms with E-state index >= 15 is 0 Å². The summed E-state index contributed by atoms with van der Waals surface area (Å²) in [7, 11) is 5.33. The van der Waals surface area contributed by atoms with Gasteiger partial charge in [0.15, 0.2) is 11.5 Å². The fourth-order valence-corrected chi connectivity index (χ4v) is 5.75. The maximum absolute atomic E-state index is 13.3. The van der Waals surface area contributed by atoms with Crippen LogP contribution in [-0.4, -0.2) is 65.6 Å². The summed E-state index contributed by atoms with van der Waals surface area (Å²) in [6, 6.07) is 4.62. The van der Waals surface area contributed by atoms with Crippen molar-refractivity contribution in [2.75, 3.05) is 39.3 Å². The van der Waals surface area contributed by atoms with Gasteiger partial charge in [-0.15, -0.1) is 0 Å². The molecule has 3 N–H and O–H groups in total. The molecule has 0 radical (unpaired) electrons. The lowest BCUT2D eigenvalue weighted by Gasteiger charge is -2.35. The van der Waals surface area contributed by atoms with Gasteiger partial charge in [0.05, 0.1) is 13.2 Å². The molecule has 2 atom stereocenters. The van der Waals surface area contributed by atoms with Crippen molar-refractivity contribution in [1.29, 1.82) is 0 Å². The second-order valence-corrected chi connectivity index (χ2v) is 10.1. The average molecular weight is 524 g/mol. The van der Waals surface area contributed by atoms with Crippen LogP contribution in [0.4, 0.5) is 13.2 Å². The van der Waals surface area contributed by atoms with Gasteiger partial charge in [0.2, 0.25) is 5.89 Å². The van der Waals surface area contributed by atoms with Crippen molar-refractivity contribution in [3.63, 3.8) is 0 Å². The first kappa shape index (κ1) is 26.2. The van der Waals surface area contributed by atoms with E-state index in [0.717, 1.165) is 24.0 Å². The summed E-state index contributed by atoms with van der Waals surface area (Å²) in [5.74, 6) is 1.90. The van der Waals surface area contributed by atoms with Crippen molar-refractivity contribution >= 4 is 28.6 Å². The van der Waals surface area contributed by atoms with Crippen molar-refractivity contribution in [2.24, 2.45) is 5.73 Å². The average Bonchev–Trinajstić information content (AvgIpc) is 3.49. The Kier molecular flexibility index (Phi) is 7.22. The topological polar surface area (TPSA) is 107 Å². The smallest absolute Gasteiger partial charge is 0.433 e. The fraction of sp³-hybridized carbons (Fsp3) is 0.458. The number of hydrogen-bond donors (Lipinski definition) is 2. The molecule has 3 aromatic rings. The molecule has 1 fully saturated rings. The van der Waals surface area contributed by atoms with E-state index in [1.165, 1.54) is 19.2 Å². The van der Waals surface area contributed by atoms with E-state index in [1.54, 1.807) is 13.0 Å². The number of thioether (sulfide) groups is 1. The van der Waals surface area contributed by atoms with Crippen LogP contribution < -0.4 is 15.8 Å². The van der Waals surface area contributed by atoms with Crippen LogP contribution in [0.2, 0.25) is 0 Å². The molecule has 3 heterocycles. The van der Waals surface area contributed by atoms with Gasteiger partial charge in [0.25, 0.3) is 5.91 Å². The zero-order chi connectivity index (χ0) is 26.3. The number of nitrogens with one attached hydrogen (secondary N) is 1. The molecule has 1 unspecified atom stereocenters. The second kappa shape index (κ2) is 9.91. The minimum Gasteiger partial charge on any atom is -0.494 e. The predicted octanol–water partition coefficient (Wildman–Crippen LogP) is 4.10. The number of oxazole rings is 1. The van der Waals surface area contributed by atoms with E-state index in [0.29, 0.717) is 17.5 Å². The zero-order valence-corrected chi connectivity index (χ0v) is 21.2. The molecule has 8 nitrogen and oxygen atoms in total. The van der Waals surface area contributed by atoms with Crippen LogP contribution in [0, 0.1) is 0 Å². The SMILES string of the molecule is COc1ccc(-c2nc(C(=O)NCC3(N(C)C)CCSC3)c([C@H](C)N)o2)c2ccc(C(F)(F)F)nc12. The third-order valence-electron chi connectivity index (χ3n) is 6.45. The summed E-state index contributed by atoms with van der Waals surface area (Å²) in [6.07, 6.45) is -3.67. The predicted molar refractivity (Wildman–Crippen MR) is 132 cm³/mol. The molecule has 36 heavy (non-hydrogen) atoms. The summed E-state index contributed by atoms with van der Waals surface area (Å²) in [5, 5.41) is 3.31. The summed E-state index contributed by atoms with van der Waals surface area (Å²) in [6.45, 7) is 2.10. The Morgan fingerprint density at radius 1 is 1.31 bits per heavy atom. The summed E-state index contributed by atoms with van der Waals surface area (Å²) >= 11 is 1.84. The van der Waals surface area contributed by atoms with Crippen molar-refractivity contribution < 1.29 is 27.1 Å². The van der Waals surface area contributed by atoms with Gasteiger partial charge >= 0.3 is 6.18 Å². The van der Waals surface area contributed by atoms with Crippen LogP contribution >= 0.6 is 11.8 Å². The number of benzene rings is 1. The largest absolute Gasteiger partial charge is 0.494 e. The number of pyridine rings is 1. The van der Waals surface area contributed by atoms with Crippen molar-refractivity contribution in [2.45, 2.75) is 31.1 Å². The van der Waals surface area contributed by atoms with Gasteiger partial charge in [-0.2, -0.15) is 24.9 Å². The fourth-order valence-electron chi connectivity index (χ4n) is 4.19. The second-order valence-electron chi connectivity index (χ2n) is 9.03. The summed E-state index contributed by atoms with van der Waals surface area (Å²) in [5.41, 5.74) is 5.29. The number of likely N-dealkylation sites (N-methyl/N-ethyl adjacent to an activating group) is 1. The number of carbonyl (C=O) groups is 1. The Balaban J connectivity index is 1.73. The van der Waals surface area contributed by atoms with Crippen LogP contribution in [0.3, 0.4) is 0 Å². The van der Waals surface area contributed by atoms with E-state index in [9.17, 15) is 18.0 Å². The number of ether oxygens (including phenoxy) is 1. The molecule has 12 heteroatoms. The number of fused-ring (bicyclic) bond motifs is 1. The summed E-state index contributed by atoms with van der Waals surface area (Å²) in [4.78, 5) is 23.5. The maximum Gasteiger partial charge on any atom is 0.433 e. The Bertz CT molecular complexity index is 1270. The molecule has 0 aliphatic carbocycles. The minimum absolute atomic E-state index is 0.00281. The lowest BCUT2D eigenvalue weighted by molar-refractivity contribution is -0.140. The first-order valence-corrected chi connectivity index (χ1v) is 12.5. The van der Waals surface area contributed by atoms with Crippen LogP contribution in [0.15, 0.2) is 28.7 Å². The van der Waals surface area contributed by atoms with E-state index in [1.807, 2.05) is 25.9 Å². The highest BCUT2D eigenvalue weighted by Gasteiger charge is 2.37. The lowest BCUT2D eigenvalue weighted by Crippen LogP contribution is -2.53. The van der Waals surface area contributed by atoms with Crippen LogP contribution in [-0.2, 0) is 6.18 Å². The number of halogens is 3. The van der Waals surface area contributed by atoms with Crippen molar-refractivity contribution in [1.82, 2.24) is 20.2 Å². The molecule has 1 aliphatic heterocycles. The first-order chi connectivity index (χ1) is 17.0. The van der Waals surface area contributed by atoms with Gasteiger partial charge in [-0.25, -0.2) is 9.97 Å². The number of amides is 1. The molecule has 1 amide bonds. The molecule has 0 bridgehead atoms. The molecule has 0 spiro atoms. The van der Waals surface area contributed by atoms with Gasteiger partial charge in [-0.3, -0.25) is 4.79 Å². The monoisotopic (exact) mass is 523 g/mol. The number of rotatable bonds is 7. The lowest BCUT2D eigenvalue weighted by atomic mass is 9.97. The van der Waals surface area contributed by atoms with Gasteiger partial charge in [0.1, 0.15) is 17.0 Å². The molecule has 1 aromatic carbocycles. The number of nitrogens with zero attached hydrogens (tertiary/aromatic N) is 3. The highest BCUT2D eigenvalue weighted by Crippen LogP contribution is 2.37. The van der Waals surface area contributed by atoms with Crippen LogP contribution in [0.1, 0.15) is 41.3 Å². The molecular weight excluding hydrogens is 495 g/mol. The number of hydrogen-bond acceptors (Lipinski definition) is 8. The zero-order valence-electron chi connectivity index (χ0n) is 20.4. The number of alkyl halides is 3. The molecular formula is C24H28F3N5O3S. The van der Waals surface area contributed by atoms with Crippen LogP contribution in [0.25, 0.3) is 22.4 Å². The Hall–Kier alpha value is -2.83. The number of methoxy groups -OCH3 is 1. The van der Waals surface area contributed by atoms with Crippen molar-refractivity contribution in [3.8, 4) is 17.2 Å². The van der Waals surface area contributed by atoms with Gasteiger partial charge in [0, 0.05) is 28.8 Å². The Labute approximate surface area is 210 Å². The summed E-state index contributed by atoms with van der Waals surface area (Å²) < 4.78 is 51.0. The standard InChI is InChI=1S/C24H28F3N5O3S/c1-13(28)20-19(21(33)29-11-23(32(2)3)9-10-36-12-23)31-22(35-20)15-5-7-16(34-4)18-14(15)6-8-17(30-18)24(25,26)27/h5-8,13H,9-12,28H2,1-4H3,(H,29,33)/t13-,23?/m0/s1. The Morgan fingerprint density at radius 2 is 2.06 bits per heavy atom. The minimum atomic E-state index is -4.62. The van der Waals surface area contributed by atoms with E-state index < -0.39 is 23.8 Å². The van der Waals surface area contributed by atoms with Gasteiger partial charge < -0.3 is 25.1 Å². The third kappa shape index (κ3) is 4.89.